The third-order valence-electron chi connectivity index (χ3n) is 3.49. The van der Waals surface area contributed by atoms with E-state index in [0.29, 0.717) is 5.92 Å². The molecule has 2 unspecified atom stereocenters. The van der Waals surface area contributed by atoms with Gasteiger partial charge in [0.25, 0.3) is 0 Å². The van der Waals surface area contributed by atoms with Crippen molar-refractivity contribution in [3.05, 3.63) is 0 Å². The average molecular weight is 256 g/mol. The van der Waals surface area contributed by atoms with Crippen LogP contribution in [0, 0.1) is 11.3 Å². The summed E-state index contributed by atoms with van der Waals surface area (Å²) in [4.78, 5) is 22.2. The van der Waals surface area contributed by atoms with Gasteiger partial charge in [-0.1, -0.05) is 27.2 Å². The fourth-order valence-electron chi connectivity index (χ4n) is 2.59. The Bertz CT molecular complexity index is 303. The van der Waals surface area contributed by atoms with Crippen molar-refractivity contribution in [2.75, 3.05) is 6.61 Å². The third-order valence-corrected chi connectivity index (χ3v) is 3.49. The van der Waals surface area contributed by atoms with Crippen molar-refractivity contribution in [2.45, 2.75) is 59.5 Å². The Labute approximate surface area is 109 Å². The molecule has 0 aromatic carbocycles. The highest BCUT2D eigenvalue weighted by molar-refractivity contribution is 5.75. The van der Waals surface area contributed by atoms with Crippen molar-refractivity contribution in [1.82, 2.24) is 0 Å². The van der Waals surface area contributed by atoms with E-state index < -0.39 is 11.9 Å². The molecule has 0 aromatic heterocycles. The summed E-state index contributed by atoms with van der Waals surface area (Å²) < 4.78 is 10.1. The van der Waals surface area contributed by atoms with Crippen molar-refractivity contribution < 1.29 is 19.1 Å². The quantitative estimate of drug-likeness (QED) is 0.728. The topological polar surface area (TPSA) is 52.6 Å². The number of hydrogen-bond acceptors (Lipinski definition) is 4. The van der Waals surface area contributed by atoms with Gasteiger partial charge < -0.3 is 9.47 Å². The van der Waals surface area contributed by atoms with Gasteiger partial charge in [0, 0.05) is 12.8 Å². The van der Waals surface area contributed by atoms with Crippen LogP contribution in [0.15, 0.2) is 0 Å². The normalized spacial score (nSPS) is 24.4. The fourth-order valence-corrected chi connectivity index (χ4v) is 2.59. The smallest absolute Gasteiger partial charge is 0.344 e. The van der Waals surface area contributed by atoms with Crippen LogP contribution in [0.25, 0.3) is 0 Å². The van der Waals surface area contributed by atoms with Gasteiger partial charge in [0.1, 0.15) is 6.10 Å². The van der Waals surface area contributed by atoms with Crippen LogP contribution in [0.4, 0.5) is 0 Å². The van der Waals surface area contributed by atoms with E-state index in [1.807, 2.05) is 0 Å². The van der Waals surface area contributed by atoms with Crippen molar-refractivity contribution in [3.8, 4) is 0 Å². The summed E-state index contributed by atoms with van der Waals surface area (Å²) >= 11 is 0. The van der Waals surface area contributed by atoms with E-state index in [1.54, 1.807) is 0 Å². The van der Waals surface area contributed by atoms with Gasteiger partial charge in [-0.15, -0.1) is 0 Å². The van der Waals surface area contributed by atoms with Gasteiger partial charge in [0.05, 0.1) is 0 Å². The molecule has 0 amide bonds. The number of hydrogen-bond donors (Lipinski definition) is 0. The monoisotopic (exact) mass is 256 g/mol. The van der Waals surface area contributed by atoms with Crippen molar-refractivity contribution in [2.24, 2.45) is 11.3 Å². The Balaban J connectivity index is 2.52. The number of esters is 2. The lowest BCUT2D eigenvalue weighted by molar-refractivity contribution is -0.166. The summed E-state index contributed by atoms with van der Waals surface area (Å²) in [5.41, 5.74) is 0.132. The average Bonchev–Trinajstić information content (AvgIpc) is 2.25. The molecular formula is C14H24O4. The van der Waals surface area contributed by atoms with Crippen molar-refractivity contribution in [3.63, 3.8) is 0 Å². The molecule has 0 aliphatic heterocycles. The van der Waals surface area contributed by atoms with E-state index in [9.17, 15) is 9.59 Å². The van der Waals surface area contributed by atoms with E-state index >= 15 is 0 Å². The highest BCUT2D eigenvalue weighted by atomic mass is 16.6. The Morgan fingerprint density at radius 2 is 1.78 bits per heavy atom. The summed E-state index contributed by atoms with van der Waals surface area (Å²) in [5, 5.41) is 0. The SMILES string of the molecule is CC(=O)OCC(=O)OC1CCCCC1C(C)(C)C. The zero-order valence-electron chi connectivity index (χ0n) is 11.8. The van der Waals surface area contributed by atoms with Gasteiger partial charge in [0.15, 0.2) is 6.61 Å². The molecule has 0 bridgehead atoms. The Morgan fingerprint density at radius 1 is 1.17 bits per heavy atom. The lowest BCUT2D eigenvalue weighted by Crippen LogP contribution is -2.38. The molecule has 1 aliphatic rings. The summed E-state index contributed by atoms with van der Waals surface area (Å²) in [5.74, 6) is -0.512. The van der Waals surface area contributed by atoms with Gasteiger partial charge in [-0.05, 0) is 24.7 Å². The molecule has 2 atom stereocenters. The predicted molar refractivity (Wildman–Crippen MR) is 67.9 cm³/mol. The molecule has 1 aliphatic carbocycles. The number of ether oxygens (including phenoxy) is 2. The molecule has 0 radical (unpaired) electrons. The molecule has 104 valence electrons. The molecule has 0 spiro atoms. The predicted octanol–water partition coefficient (Wildman–Crippen LogP) is 2.70. The molecule has 1 rings (SSSR count). The van der Waals surface area contributed by atoms with E-state index in [0.717, 1.165) is 19.3 Å². The molecule has 4 heteroatoms. The summed E-state index contributed by atoms with van der Waals surface area (Å²) in [6.07, 6.45) is 4.25. The minimum absolute atomic E-state index is 0.0400. The van der Waals surface area contributed by atoms with Crippen molar-refractivity contribution >= 4 is 11.9 Å². The second-order valence-corrected chi connectivity index (χ2v) is 6.07. The molecular weight excluding hydrogens is 232 g/mol. The Kier molecular flexibility index (Phi) is 5.17. The maximum absolute atomic E-state index is 11.6. The molecule has 0 saturated heterocycles. The maximum atomic E-state index is 11.6. The highest BCUT2D eigenvalue weighted by Crippen LogP contribution is 2.39. The van der Waals surface area contributed by atoms with E-state index in [2.05, 4.69) is 25.5 Å². The summed E-state index contributed by atoms with van der Waals surface area (Å²) in [6.45, 7) is 7.54. The van der Waals surface area contributed by atoms with Crippen LogP contribution < -0.4 is 0 Å². The van der Waals surface area contributed by atoms with Crippen LogP contribution in [-0.4, -0.2) is 24.6 Å². The Hall–Kier alpha value is -1.06. The lowest BCUT2D eigenvalue weighted by Gasteiger charge is -2.39. The lowest BCUT2D eigenvalue weighted by atomic mass is 9.71. The molecule has 0 heterocycles. The molecule has 0 aromatic rings. The van der Waals surface area contributed by atoms with Crippen LogP contribution in [-0.2, 0) is 19.1 Å². The third kappa shape index (κ3) is 4.67. The zero-order valence-corrected chi connectivity index (χ0v) is 11.8. The van der Waals surface area contributed by atoms with Crippen LogP contribution in [0.1, 0.15) is 53.4 Å². The van der Waals surface area contributed by atoms with Gasteiger partial charge in [0.2, 0.25) is 0 Å². The molecule has 4 nitrogen and oxygen atoms in total. The first kappa shape index (κ1) is 15.0. The van der Waals surface area contributed by atoms with Crippen LogP contribution in [0.5, 0.6) is 0 Å². The van der Waals surface area contributed by atoms with Gasteiger partial charge >= 0.3 is 11.9 Å². The first-order valence-electron chi connectivity index (χ1n) is 6.63. The van der Waals surface area contributed by atoms with E-state index in [4.69, 9.17) is 4.74 Å². The Morgan fingerprint density at radius 3 is 2.33 bits per heavy atom. The van der Waals surface area contributed by atoms with E-state index in [1.165, 1.54) is 13.3 Å². The van der Waals surface area contributed by atoms with Gasteiger partial charge in [-0.2, -0.15) is 0 Å². The second-order valence-electron chi connectivity index (χ2n) is 6.07. The van der Waals surface area contributed by atoms with Gasteiger partial charge in [-0.3, -0.25) is 4.79 Å². The number of carbonyl (C=O) groups is 2. The van der Waals surface area contributed by atoms with Crippen LogP contribution in [0.2, 0.25) is 0 Å². The molecule has 1 saturated carbocycles. The van der Waals surface area contributed by atoms with Gasteiger partial charge in [-0.25, -0.2) is 4.79 Å². The van der Waals surface area contributed by atoms with Crippen molar-refractivity contribution in [1.29, 1.82) is 0 Å². The van der Waals surface area contributed by atoms with Crippen LogP contribution in [0.3, 0.4) is 0 Å². The van der Waals surface area contributed by atoms with Crippen LogP contribution >= 0.6 is 0 Å². The molecule has 1 fully saturated rings. The first-order chi connectivity index (χ1) is 8.30. The standard InChI is InChI=1S/C14H24O4/c1-10(15)17-9-13(16)18-12-8-6-5-7-11(12)14(2,3)4/h11-12H,5-9H2,1-4H3. The van der Waals surface area contributed by atoms with E-state index in [-0.39, 0.29) is 18.1 Å². The molecule has 18 heavy (non-hydrogen) atoms. The fraction of sp³-hybridized carbons (Fsp3) is 0.857. The summed E-state index contributed by atoms with van der Waals surface area (Å²) in [6, 6.07) is 0. The molecule has 0 N–H and O–H groups in total. The summed E-state index contributed by atoms with van der Waals surface area (Å²) in [7, 11) is 0. The first-order valence-corrected chi connectivity index (χ1v) is 6.63. The second kappa shape index (κ2) is 6.21. The largest absolute Gasteiger partial charge is 0.460 e. The number of carbonyl (C=O) groups excluding carboxylic acids is 2. The minimum Gasteiger partial charge on any atom is -0.460 e. The maximum Gasteiger partial charge on any atom is 0.344 e. The minimum atomic E-state index is -0.456. The highest BCUT2D eigenvalue weighted by Gasteiger charge is 2.36. The number of rotatable bonds is 3. The zero-order chi connectivity index (χ0) is 13.8.